The lowest BCUT2D eigenvalue weighted by Crippen LogP contribution is -2.01. The molecule has 0 radical (unpaired) electrons. The van der Waals surface area contributed by atoms with E-state index in [4.69, 9.17) is 4.74 Å². The predicted molar refractivity (Wildman–Crippen MR) is 87.0 cm³/mol. The molecule has 0 atom stereocenters. The van der Waals surface area contributed by atoms with E-state index in [1.165, 1.54) is 0 Å². The summed E-state index contributed by atoms with van der Waals surface area (Å²) >= 11 is 0. The van der Waals surface area contributed by atoms with Crippen molar-refractivity contribution in [3.8, 4) is 11.5 Å². The van der Waals surface area contributed by atoms with Crippen LogP contribution in [-0.4, -0.2) is 11.5 Å². The Hall–Kier alpha value is -2.55. The smallest absolute Gasteiger partial charge is 0.128 e. The molecule has 106 valence electrons. The van der Waals surface area contributed by atoms with Crippen LogP contribution >= 0.6 is 0 Å². The second-order valence-electron chi connectivity index (χ2n) is 4.89. The number of ether oxygens (including phenoxy) is 1. The molecular formula is C18H18N2O. The summed E-state index contributed by atoms with van der Waals surface area (Å²) in [5, 5.41) is 4.37. The van der Waals surface area contributed by atoms with E-state index in [-0.39, 0.29) is 0 Å². The van der Waals surface area contributed by atoms with Gasteiger partial charge in [0, 0.05) is 11.9 Å². The van der Waals surface area contributed by atoms with E-state index in [2.05, 4.69) is 23.3 Å². The molecule has 3 nitrogen and oxygen atoms in total. The lowest BCUT2D eigenvalue weighted by molar-refractivity contribution is 0.483. The average Bonchev–Trinajstić information content (AvgIpc) is 2.54. The molecule has 0 amide bonds. The Morgan fingerprint density at radius 3 is 2.62 bits per heavy atom. The van der Waals surface area contributed by atoms with Crippen molar-refractivity contribution >= 4 is 16.7 Å². The summed E-state index contributed by atoms with van der Waals surface area (Å²) in [4.78, 5) is 4.59. The van der Waals surface area contributed by atoms with Crippen LogP contribution in [0.5, 0.6) is 11.5 Å². The third-order valence-electron chi connectivity index (χ3n) is 3.20. The first-order valence-electron chi connectivity index (χ1n) is 7.23. The average molecular weight is 278 g/mol. The van der Waals surface area contributed by atoms with Gasteiger partial charge in [0.2, 0.25) is 0 Å². The number of hydrogen-bond acceptors (Lipinski definition) is 3. The number of rotatable bonds is 5. The molecule has 3 aromatic rings. The van der Waals surface area contributed by atoms with Gasteiger partial charge in [-0.1, -0.05) is 25.1 Å². The van der Waals surface area contributed by atoms with E-state index >= 15 is 0 Å². The van der Waals surface area contributed by atoms with E-state index < -0.39 is 0 Å². The molecule has 0 aliphatic carbocycles. The zero-order chi connectivity index (χ0) is 14.5. The Morgan fingerprint density at radius 1 is 0.952 bits per heavy atom. The van der Waals surface area contributed by atoms with Crippen molar-refractivity contribution in [1.82, 2.24) is 4.98 Å². The van der Waals surface area contributed by atoms with Crippen molar-refractivity contribution in [3.05, 3.63) is 60.7 Å². The van der Waals surface area contributed by atoms with Gasteiger partial charge in [-0.25, -0.2) is 4.98 Å². The molecule has 0 saturated heterocycles. The SMILES string of the molecule is CCCNc1ccc2cc(Oc3ccccc3)ccc2n1. The Balaban J connectivity index is 1.83. The number of pyridine rings is 1. The summed E-state index contributed by atoms with van der Waals surface area (Å²) in [5.41, 5.74) is 0.969. The zero-order valence-corrected chi connectivity index (χ0v) is 12.0. The minimum atomic E-state index is 0.824. The number of nitrogens with zero attached hydrogens (tertiary/aromatic N) is 1. The molecule has 1 N–H and O–H groups in total. The van der Waals surface area contributed by atoms with E-state index in [0.29, 0.717) is 0 Å². The second kappa shape index (κ2) is 6.27. The summed E-state index contributed by atoms with van der Waals surface area (Å²) in [5.74, 6) is 2.58. The minimum Gasteiger partial charge on any atom is -0.457 e. The van der Waals surface area contributed by atoms with Crippen LogP contribution < -0.4 is 10.1 Å². The lowest BCUT2D eigenvalue weighted by Gasteiger charge is -2.08. The maximum atomic E-state index is 5.84. The summed E-state index contributed by atoms with van der Waals surface area (Å²) in [6, 6.07) is 19.8. The zero-order valence-electron chi connectivity index (χ0n) is 12.0. The van der Waals surface area contributed by atoms with Gasteiger partial charge in [-0.05, 0) is 48.9 Å². The van der Waals surface area contributed by atoms with E-state index in [0.717, 1.165) is 41.2 Å². The largest absolute Gasteiger partial charge is 0.457 e. The van der Waals surface area contributed by atoms with Crippen molar-refractivity contribution < 1.29 is 4.74 Å². The molecule has 1 heterocycles. The standard InChI is InChI=1S/C18H18N2O/c1-2-12-19-18-11-8-14-13-16(9-10-17(14)20-18)21-15-6-4-3-5-7-15/h3-11,13H,2,12H2,1H3,(H,19,20). The summed E-state index contributed by atoms with van der Waals surface area (Å²) in [6.07, 6.45) is 1.09. The van der Waals surface area contributed by atoms with Crippen LogP contribution in [0.15, 0.2) is 60.7 Å². The molecule has 1 aromatic heterocycles. The third-order valence-corrected chi connectivity index (χ3v) is 3.20. The van der Waals surface area contributed by atoms with E-state index in [1.807, 2.05) is 54.6 Å². The molecule has 0 fully saturated rings. The molecule has 0 saturated carbocycles. The molecule has 0 spiro atoms. The van der Waals surface area contributed by atoms with Crippen LogP contribution in [-0.2, 0) is 0 Å². The van der Waals surface area contributed by atoms with Gasteiger partial charge in [0.05, 0.1) is 5.52 Å². The molecule has 3 heteroatoms. The number of fused-ring (bicyclic) bond motifs is 1. The van der Waals surface area contributed by atoms with E-state index in [9.17, 15) is 0 Å². The highest BCUT2D eigenvalue weighted by Gasteiger charge is 2.01. The Labute approximate surface area is 124 Å². The Kier molecular flexibility index (Phi) is 4.01. The quantitative estimate of drug-likeness (QED) is 0.724. The maximum Gasteiger partial charge on any atom is 0.128 e. The third kappa shape index (κ3) is 3.31. The minimum absolute atomic E-state index is 0.824. The molecule has 21 heavy (non-hydrogen) atoms. The molecule has 0 bridgehead atoms. The second-order valence-corrected chi connectivity index (χ2v) is 4.89. The highest BCUT2D eigenvalue weighted by atomic mass is 16.5. The van der Waals surface area contributed by atoms with Gasteiger partial charge < -0.3 is 10.1 Å². The van der Waals surface area contributed by atoms with Gasteiger partial charge in [0.15, 0.2) is 0 Å². The highest BCUT2D eigenvalue weighted by molar-refractivity contribution is 5.81. The van der Waals surface area contributed by atoms with Crippen molar-refractivity contribution in [2.45, 2.75) is 13.3 Å². The van der Waals surface area contributed by atoms with Crippen molar-refractivity contribution in [2.24, 2.45) is 0 Å². The van der Waals surface area contributed by atoms with Crippen molar-refractivity contribution in [2.75, 3.05) is 11.9 Å². The highest BCUT2D eigenvalue weighted by Crippen LogP contribution is 2.25. The fourth-order valence-electron chi connectivity index (χ4n) is 2.14. The lowest BCUT2D eigenvalue weighted by atomic mass is 10.2. The van der Waals surface area contributed by atoms with Gasteiger partial charge in [0.25, 0.3) is 0 Å². The molecule has 2 aromatic carbocycles. The normalized spacial score (nSPS) is 10.5. The summed E-state index contributed by atoms with van der Waals surface area (Å²) in [6.45, 7) is 3.08. The molecule has 0 unspecified atom stereocenters. The van der Waals surface area contributed by atoms with Crippen LogP contribution in [0.1, 0.15) is 13.3 Å². The van der Waals surface area contributed by atoms with Gasteiger partial charge in [-0.15, -0.1) is 0 Å². The Morgan fingerprint density at radius 2 is 1.81 bits per heavy atom. The number of benzene rings is 2. The first kappa shape index (κ1) is 13.4. The van der Waals surface area contributed by atoms with Crippen LogP contribution in [0.2, 0.25) is 0 Å². The maximum absolute atomic E-state index is 5.84. The topological polar surface area (TPSA) is 34.1 Å². The fourth-order valence-corrected chi connectivity index (χ4v) is 2.14. The fraction of sp³-hybridized carbons (Fsp3) is 0.167. The van der Waals surface area contributed by atoms with Gasteiger partial charge >= 0.3 is 0 Å². The van der Waals surface area contributed by atoms with Gasteiger partial charge in [0.1, 0.15) is 17.3 Å². The van der Waals surface area contributed by atoms with Gasteiger partial charge in [-0.2, -0.15) is 0 Å². The number of nitrogens with one attached hydrogen (secondary N) is 1. The van der Waals surface area contributed by atoms with Crippen LogP contribution in [0, 0.1) is 0 Å². The first-order chi connectivity index (χ1) is 10.3. The van der Waals surface area contributed by atoms with E-state index in [1.54, 1.807) is 0 Å². The molecule has 3 rings (SSSR count). The summed E-state index contributed by atoms with van der Waals surface area (Å²) < 4.78 is 5.84. The van der Waals surface area contributed by atoms with Crippen LogP contribution in [0.4, 0.5) is 5.82 Å². The van der Waals surface area contributed by atoms with Crippen molar-refractivity contribution in [1.29, 1.82) is 0 Å². The monoisotopic (exact) mass is 278 g/mol. The van der Waals surface area contributed by atoms with Gasteiger partial charge in [-0.3, -0.25) is 0 Å². The molecule has 0 aliphatic heterocycles. The van der Waals surface area contributed by atoms with Crippen molar-refractivity contribution in [3.63, 3.8) is 0 Å². The predicted octanol–water partition coefficient (Wildman–Crippen LogP) is 4.85. The first-order valence-corrected chi connectivity index (χ1v) is 7.23. The number of para-hydroxylation sites is 1. The number of aromatic nitrogens is 1. The summed E-state index contributed by atoms with van der Waals surface area (Å²) in [7, 11) is 0. The molecule has 0 aliphatic rings. The Bertz CT molecular complexity index is 726. The van der Waals surface area contributed by atoms with Crippen LogP contribution in [0.3, 0.4) is 0 Å². The number of anilines is 1. The number of hydrogen-bond donors (Lipinski definition) is 1. The molecular weight excluding hydrogens is 260 g/mol. The van der Waals surface area contributed by atoms with Crippen LogP contribution in [0.25, 0.3) is 10.9 Å².